The van der Waals surface area contributed by atoms with Crippen LogP contribution in [-0.2, 0) is 9.84 Å². The van der Waals surface area contributed by atoms with Gasteiger partial charge in [0.1, 0.15) is 17.4 Å². The van der Waals surface area contributed by atoms with Crippen molar-refractivity contribution in [3.05, 3.63) is 47.7 Å². The van der Waals surface area contributed by atoms with Gasteiger partial charge in [-0.3, -0.25) is 4.79 Å². The zero-order valence-corrected chi connectivity index (χ0v) is 16.7. The van der Waals surface area contributed by atoms with Crippen LogP contribution in [0.2, 0.25) is 0 Å². The lowest BCUT2D eigenvalue weighted by Gasteiger charge is -2.36. The van der Waals surface area contributed by atoms with E-state index < -0.39 is 33.8 Å². The Morgan fingerprint density at radius 3 is 2.48 bits per heavy atom. The van der Waals surface area contributed by atoms with E-state index in [1.165, 1.54) is 15.8 Å². The number of anilines is 1. The number of nitrogens with zero attached hydrogens (tertiary/aromatic N) is 3. The van der Waals surface area contributed by atoms with Crippen molar-refractivity contribution >= 4 is 21.6 Å². The molecular weight excluding hydrogens is 402 g/mol. The van der Waals surface area contributed by atoms with E-state index in [9.17, 15) is 22.0 Å². The number of hydrogen-bond acceptors (Lipinski definition) is 5. The fourth-order valence-corrected chi connectivity index (χ4v) is 5.06. The first-order chi connectivity index (χ1) is 13.7. The van der Waals surface area contributed by atoms with Crippen molar-refractivity contribution in [2.24, 2.45) is 0 Å². The van der Waals surface area contributed by atoms with Gasteiger partial charge in [0.25, 0.3) is 11.8 Å². The number of benzene rings is 1. The van der Waals surface area contributed by atoms with E-state index in [1.807, 2.05) is 30.3 Å². The molecule has 2 unspecified atom stereocenters. The molecule has 1 saturated heterocycles. The highest BCUT2D eigenvalue weighted by Crippen LogP contribution is 2.43. The fourth-order valence-electron chi connectivity index (χ4n) is 3.86. The van der Waals surface area contributed by atoms with Crippen LogP contribution in [0.15, 0.2) is 36.5 Å². The number of fused-ring (bicyclic) bond motifs is 1. The summed E-state index contributed by atoms with van der Waals surface area (Å²) in [6.07, 6.45) is 1.41. The summed E-state index contributed by atoms with van der Waals surface area (Å²) < 4.78 is 53.2. The molecule has 0 aliphatic carbocycles. The molecule has 1 fully saturated rings. The number of amides is 1. The number of carbonyl (C=O) groups is 1. The Bertz CT molecular complexity index is 1000. The van der Waals surface area contributed by atoms with E-state index in [0.717, 1.165) is 12.5 Å². The number of nitrogens with one attached hydrogen (secondary N) is 1. The predicted molar refractivity (Wildman–Crippen MR) is 104 cm³/mol. The van der Waals surface area contributed by atoms with Crippen molar-refractivity contribution in [1.29, 1.82) is 0 Å². The maximum absolute atomic E-state index is 14.4. The molecule has 2 atom stereocenters. The number of aromatic nitrogens is 2. The number of alkyl halides is 2. The number of halogens is 2. The summed E-state index contributed by atoms with van der Waals surface area (Å²) in [6.45, 7) is 1.02. The van der Waals surface area contributed by atoms with Crippen LogP contribution < -0.4 is 5.32 Å². The lowest BCUT2D eigenvalue weighted by Crippen LogP contribution is -2.44. The van der Waals surface area contributed by atoms with Gasteiger partial charge in [0.15, 0.2) is 9.84 Å². The summed E-state index contributed by atoms with van der Waals surface area (Å²) in [5, 5.41) is 7.29. The average Bonchev–Trinajstić information content (AvgIpc) is 3.10. The highest BCUT2D eigenvalue weighted by molar-refractivity contribution is 7.91. The standard InChI is InChI=1S/C19H22F2N4O3S/c1-19(20,21)16-11-15(13-5-3-2-4-6-13)23-17-14(12-22-25(16)17)18(26)24-7-9-29(27,28)10-8-24/h2-6,12,15-16,23H,7-11H2,1H3. The van der Waals surface area contributed by atoms with E-state index in [2.05, 4.69) is 10.4 Å². The summed E-state index contributed by atoms with van der Waals surface area (Å²) in [5.74, 6) is -3.39. The van der Waals surface area contributed by atoms with Gasteiger partial charge in [0, 0.05) is 26.4 Å². The van der Waals surface area contributed by atoms with E-state index in [1.54, 1.807) is 0 Å². The maximum atomic E-state index is 14.4. The molecule has 1 N–H and O–H groups in total. The Labute approximate surface area is 167 Å². The third-order valence-corrected chi connectivity index (χ3v) is 7.12. The second-order valence-electron chi connectivity index (χ2n) is 7.61. The van der Waals surface area contributed by atoms with Gasteiger partial charge in [-0.05, 0) is 5.56 Å². The molecule has 0 bridgehead atoms. The van der Waals surface area contributed by atoms with Crippen LogP contribution in [0.1, 0.15) is 41.3 Å². The van der Waals surface area contributed by atoms with Gasteiger partial charge in [-0.1, -0.05) is 30.3 Å². The molecule has 2 aliphatic heterocycles. The van der Waals surface area contributed by atoms with Crippen molar-refractivity contribution in [2.75, 3.05) is 29.9 Å². The normalized spacial score (nSPS) is 23.9. The SMILES string of the molecule is CC(F)(F)C1CC(c2ccccc2)Nc2c(C(=O)N3CCS(=O)(=O)CC3)cnn21. The number of carbonyl (C=O) groups excluding carboxylic acids is 1. The first-order valence-corrected chi connectivity index (χ1v) is 11.2. The van der Waals surface area contributed by atoms with Crippen molar-refractivity contribution in [1.82, 2.24) is 14.7 Å². The van der Waals surface area contributed by atoms with E-state index in [-0.39, 0.29) is 42.4 Å². The average molecular weight is 424 g/mol. The first kappa shape index (κ1) is 19.8. The van der Waals surface area contributed by atoms with Gasteiger partial charge in [0.05, 0.1) is 23.7 Å². The van der Waals surface area contributed by atoms with Crippen molar-refractivity contribution in [2.45, 2.75) is 31.4 Å². The van der Waals surface area contributed by atoms with Crippen LogP contribution in [0.25, 0.3) is 0 Å². The van der Waals surface area contributed by atoms with Gasteiger partial charge in [0.2, 0.25) is 0 Å². The maximum Gasteiger partial charge on any atom is 0.267 e. The quantitative estimate of drug-likeness (QED) is 0.819. The van der Waals surface area contributed by atoms with Crippen LogP contribution in [0.4, 0.5) is 14.6 Å². The molecule has 29 heavy (non-hydrogen) atoms. The molecule has 0 spiro atoms. The van der Waals surface area contributed by atoms with Gasteiger partial charge in [-0.15, -0.1) is 0 Å². The van der Waals surface area contributed by atoms with Crippen molar-refractivity contribution in [3.8, 4) is 0 Å². The Kier molecular flexibility index (Phi) is 4.84. The summed E-state index contributed by atoms with van der Waals surface area (Å²) in [7, 11) is -3.14. The second kappa shape index (κ2) is 7.08. The minimum Gasteiger partial charge on any atom is -0.363 e. The van der Waals surface area contributed by atoms with Gasteiger partial charge < -0.3 is 10.2 Å². The molecule has 2 aliphatic rings. The van der Waals surface area contributed by atoms with E-state index in [4.69, 9.17) is 0 Å². The Morgan fingerprint density at radius 1 is 1.21 bits per heavy atom. The topological polar surface area (TPSA) is 84.3 Å². The monoisotopic (exact) mass is 424 g/mol. The molecule has 4 rings (SSSR count). The molecule has 3 heterocycles. The third kappa shape index (κ3) is 3.85. The zero-order chi connectivity index (χ0) is 20.8. The number of rotatable bonds is 3. The van der Waals surface area contributed by atoms with E-state index >= 15 is 0 Å². The Balaban J connectivity index is 1.68. The van der Waals surface area contributed by atoms with Crippen LogP contribution in [-0.4, -0.2) is 59.5 Å². The van der Waals surface area contributed by atoms with Gasteiger partial charge >= 0.3 is 0 Å². The van der Waals surface area contributed by atoms with Crippen molar-refractivity contribution < 1.29 is 22.0 Å². The zero-order valence-electron chi connectivity index (χ0n) is 15.9. The molecule has 1 aromatic heterocycles. The van der Waals surface area contributed by atoms with Crippen LogP contribution in [0, 0.1) is 0 Å². The molecule has 0 radical (unpaired) electrons. The number of hydrogen-bond donors (Lipinski definition) is 1. The third-order valence-electron chi connectivity index (χ3n) is 5.51. The van der Waals surface area contributed by atoms with Crippen LogP contribution in [0.5, 0.6) is 0 Å². The molecule has 1 amide bonds. The summed E-state index contributed by atoms with van der Waals surface area (Å²) in [6, 6.07) is 7.63. The van der Waals surface area contributed by atoms with E-state index in [0.29, 0.717) is 0 Å². The molecule has 0 saturated carbocycles. The Hall–Kier alpha value is -2.49. The lowest BCUT2D eigenvalue weighted by molar-refractivity contribution is -0.0437. The predicted octanol–water partition coefficient (Wildman–Crippen LogP) is 2.51. The van der Waals surface area contributed by atoms with Gasteiger partial charge in [-0.25, -0.2) is 21.9 Å². The van der Waals surface area contributed by atoms with Crippen molar-refractivity contribution in [3.63, 3.8) is 0 Å². The summed E-state index contributed by atoms with van der Waals surface area (Å²) in [5.41, 5.74) is 1.02. The van der Waals surface area contributed by atoms with Crippen LogP contribution in [0.3, 0.4) is 0 Å². The minimum atomic E-state index is -3.14. The Morgan fingerprint density at radius 2 is 1.86 bits per heavy atom. The largest absolute Gasteiger partial charge is 0.363 e. The molecule has 1 aromatic carbocycles. The summed E-state index contributed by atoms with van der Waals surface area (Å²) in [4.78, 5) is 14.4. The molecule has 156 valence electrons. The smallest absolute Gasteiger partial charge is 0.267 e. The first-order valence-electron chi connectivity index (χ1n) is 9.42. The second-order valence-corrected chi connectivity index (χ2v) is 9.91. The molecule has 7 nitrogen and oxygen atoms in total. The molecule has 2 aromatic rings. The highest BCUT2D eigenvalue weighted by Gasteiger charge is 2.44. The van der Waals surface area contributed by atoms with Crippen LogP contribution >= 0.6 is 0 Å². The van der Waals surface area contributed by atoms with Gasteiger partial charge in [-0.2, -0.15) is 5.10 Å². The minimum absolute atomic E-state index is 0.0846. The lowest BCUT2D eigenvalue weighted by atomic mass is 9.94. The highest BCUT2D eigenvalue weighted by atomic mass is 32.2. The summed E-state index contributed by atoms with van der Waals surface area (Å²) >= 11 is 0. The molecular formula is C19H22F2N4O3S. The fraction of sp³-hybridized carbons (Fsp3) is 0.474. The number of sulfone groups is 1. The molecule has 10 heteroatoms.